The van der Waals surface area contributed by atoms with E-state index in [1.807, 2.05) is 19.1 Å². The van der Waals surface area contributed by atoms with Crippen molar-refractivity contribution in [3.63, 3.8) is 0 Å². The van der Waals surface area contributed by atoms with Gasteiger partial charge in [0.1, 0.15) is 5.75 Å². The van der Waals surface area contributed by atoms with Crippen LogP contribution in [0.4, 0.5) is 0 Å². The molecule has 0 spiro atoms. The molecule has 0 saturated carbocycles. The van der Waals surface area contributed by atoms with Gasteiger partial charge in [-0.2, -0.15) is 0 Å². The summed E-state index contributed by atoms with van der Waals surface area (Å²) in [6, 6.07) is 15.6. The molecule has 0 heterocycles. The SMILES string of the molecule is Cc1ccc([C@@H](C)/N=C/c2ccccc2O)cc1. The molecule has 0 radical (unpaired) electrons. The molecule has 0 aliphatic carbocycles. The first-order valence-electron chi connectivity index (χ1n) is 6.04. The van der Waals surface area contributed by atoms with Gasteiger partial charge < -0.3 is 5.11 Å². The summed E-state index contributed by atoms with van der Waals surface area (Å²) in [6.07, 6.45) is 1.72. The van der Waals surface area contributed by atoms with Gasteiger partial charge in [0.2, 0.25) is 0 Å². The van der Waals surface area contributed by atoms with Crippen LogP contribution in [0.5, 0.6) is 5.75 Å². The van der Waals surface area contributed by atoms with Crippen LogP contribution in [0.3, 0.4) is 0 Å². The molecule has 2 rings (SSSR count). The van der Waals surface area contributed by atoms with Crippen molar-refractivity contribution in [1.82, 2.24) is 0 Å². The van der Waals surface area contributed by atoms with E-state index in [1.54, 1.807) is 18.3 Å². The van der Waals surface area contributed by atoms with Crippen molar-refractivity contribution >= 4 is 6.21 Å². The monoisotopic (exact) mass is 239 g/mol. The fourth-order valence-corrected chi connectivity index (χ4v) is 1.72. The largest absolute Gasteiger partial charge is 0.507 e. The van der Waals surface area contributed by atoms with E-state index in [-0.39, 0.29) is 11.8 Å². The van der Waals surface area contributed by atoms with E-state index in [4.69, 9.17) is 0 Å². The van der Waals surface area contributed by atoms with Gasteiger partial charge in [0, 0.05) is 11.8 Å². The van der Waals surface area contributed by atoms with Crippen molar-refractivity contribution in [3.8, 4) is 5.75 Å². The number of para-hydroxylation sites is 1. The summed E-state index contributed by atoms with van der Waals surface area (Å²) in [7, 11) is 0. The van der Waals surface area contributed by atoms with E-state index in [0.29, 0.717) is 0 Å². The quantitative estimate of drug-likeness (QED) is 0.810. The number of aromatic hydroxyl groups is 1. The Morgan fingerprint density at radius 2 is 1.72 bits per heavy atom. The molecule has 2 aromatic rings. The Balaban J connectivity index is 2.14. The lowest BCUT2D eigenvalue weighted by molar-refractivity contribution is 0.474. The van der Waals surface area contributed by atoms with E-state index < -0.39 is 0 Å². The van der Waals surface area contributed by atoms with E-state index in [1.165, 1.54) is 11.1 Å². The van der Waals surface area contributed by atoms with Gasteiger partial charge in [-0.25, -0.2) is 0 Å². The van der Waals surface area contributed by atoms with Gasteiger partial charge in [0.25, 0.3) is 0 Å². The van der Waals surface area contributed by atoms with Crippen LogP contribution < -0.4 is 0 Å². The van der Waals surface area contributed by atoms with Crippen LogP contribution in [0.2, 0.25) is 0 Å². The highest BCUT2D eigenvalue weighted by atomic mass is 16.3. The summed E-state index contributed by atoms with van der Waals surface area (Å²) in [5, 5.41) is 9.64. The topological polar surface area (TPSA) is 32.6 Å². The molecule has 0 aliphatic rings. The molecule has 1 N–H and O–H groups in total. The molecular formula is C16H17NO. The number of nitrogens with zero attached hydrogens (tertiary/aromatic N) is 1. The molecular weight excluding hydrogens is 222 g/mol. The van der Waals surface area contributed by atoms with Crippen LogP contribution in [0.25, 0.3) is 0 Å². The molecule has 0 saturated heterocycles. The zero-order valence-corrected chi connectivity index (χ0v) is 10.7. The fraction of sp³-hybridized carbons (Fsp3) is 0.188. The van der Waals surface area contributed by atoms with Crippen molar-refractivity contribution in [2.75, 3.05) is 0 Å². The first-order chi connectivity index (χ1) is 8.66. The molecule has 2 aromatic carbocycles. The highest BCUT2D eigenvalue weighted by Gasteiger charge is 2.02. The number of hydrogen-bond donors (Lipinski definition) is 1. The third kappa shape index (κ3) is 2.98. The highest BCUT2D eigenvalue weighted by molar-refractivity contribution is 5.83. The third-order valence-electron chi connectivity index (χ3n) is 2.93. The average Bonchev–Trinajstić information content (AvgIpc) is 2.38. The maximum atomic E-state index is 9.64. The zero-order valence-electron chi connectivity index (χ0n) is 10.7. The van der Waals surface area contributed by atoms with Crippen LogP contribution >= 0.6 is 0 Å². The van der Waals surface area contributed by atoms with E-state index in [2.05, 4.69) is 36.2 Å². The standard InChI is InChI=1S/C16H17NO/c1-12-7-9-14(10-8-12)13(2)17-11-15-5-3-4-6-16(15)18/h3-11,13,18H,1-2H3/b17-11+/t13-/m1/s1. The van der Waals surface area contributed by atoms with Gasteiger partial charge in [-0.1, -0.05) is 42.0 Å². The molecule has 0 fully saturated rings. The van der Waals surface area contributed by atoms with Gasteiger partial charge in [-0.05, 0) is 31.5 Å². The summed E-state index contributed by atoms with van der Waals surface area (Å²) in [4.78, 5) is 4.47. The number of rotatable bonds is 3. The maximum absolute atomic E-state index is 9.64. The highest BCUT2D eigenvalue weighted by Crippen LogP contribution is 2.19. The van der Waals surface area contributed by atoms with Gasteiger partial charge in [0.15, 0.2) is 0 Å². The number of benzene rings is 2. The summed E-state index contributed by atoms with van der Waals surface area (Å²) < 4.78 is 0. The first kappa shape index (κ1) is 12.4. The van der Waals surface area contributed by atoms with Gasteiger partial charge in [0.05, 0.1) is 6.04 Å². The Labute approximate surface area is 108 Å². The lowest BCUT2D eigenvalue weighted by Crippen LogP contribution is -1.91. The second-order valence-corrected chi connectivity index (χ2v) is 4.42. The van der Waals surface area contributed by atoms with Crippen LogP contribution in [0, 0.1) is 6.92 Å². The molecule has 0 unspecified atom stereocenters. The van der Waals surface area contributed by atoms with Crippen molar-refractivity contribution < 1.29 is 5.11 Å². The van der Waals surface area contributed by atoms with Crippen molar-refractivity contribution in [2.24, 2.45) is 4.99 Å². The predicted octanol–water partition coefficient (Wildman–Crippen LogP) is 3.88. The molecule has 0 aromatic heterocycles. The Bertz CT molecular complexity index is 543. The fourth-order valence-electron chi connectivity index (χ4n) is 1.72. The Kier molecular flexibility index (Phi) is 3.78. The molecule has 18 heavy (non-hydrogen) atoms. The van der Waals surface area contributed by atoms with Crippen molar-refractivity contribution in [3.05, 3.63) is 65.2 Å². The molecule has 92 valence electrons. The molecule has 0 bridgehead atoms. The number of phenols is 1. The van der Waals surface area contributed by atoms with Crippen LogP contribution in [-0.2, 0) is 0 Å². The number of phenolic OH excluding ortho intramolecular Hbond substituents is 1. The predicted molar refractivity (Wildman–Crippen MR) is 75.3 cm³/mol. The summed E-state index contributed by atoms with van der Waals surface area (Å²) in [5.41, 5.74) is 3.17. The van der Waals surface area contributed by atoms with Crippen LogP contribution in [-0.4, -0.2) is 11.3 Å². The van der Waals surface area contributed by atoms with Crippen LogP contribution in [0.15, 0.2) is 53.5 Å². The van der Waals surface area contributed by atoms with E-state index in [9.17, 15) is 5.11 Å². The molecule has 2 nitrogen and oxygen atoms in total. The van der Waals surface area contributed by atoms with Crippen molar-refractivity contribution in [2.45, 2.75) is 19.9 Å². The smallest absolute Gasteiger partial charge is 0.124 e. The Morgan fingerprint density at radius 1 is 1.06 bits per heavy atom. The van der Waals surface area contributed by atoms with Crippen molar-refractivity contribution in [1.29, 1.82) is 0 Å². The minimum Gasteiger partial charge on any atom is -0.507 e. The second kappa shape index (κ2) is 5.50. The average molecular weight is 239 g/mol. The minimum absolute atomic E-state index is 0.0882. The summed E-state index contributed by atoms with van der Waals surface area (Å²) >= 11 is 0. The summed E-state index contributed by atoms with van der Waals surface area (Å²) in [6.45, 7) is 4.11. The zero-order chi connectivity index (χ0) is 13.0. The van der Waals surface area contributed by atoms with Gasteiger partial charge in [-0.3, -0.25) is 4.99 Å². The minimum atomic E-state index is 0.0882. The number of aliphatic imine (C=N–C) groups is 1. The number of aryl methyl sites for hydroxylation is 1. The normalized spacial score (nSPS) is 12.8. The van der Waals surface area contributed by atoms with E-state index in [0.717, 1.165) is 5.56 Å². The van der Waals surface area contributed by atoms with E-state index >= 15 is 0 Å². The molecule has 0 aliphatic heterocycles. The maximum Gasteiger partial charge on any atom is 0.124 e. The first-order valence-corrected chi connectivity index (χ1v) is 6.04. The van der Waals surface area contributed by atoms with Gasteiger partial charge in [-0.15, -0.1) is 0 Å². The molecule has 0 amide bonds. The van der Waals surface area contributed by atoms with Crippen LogP contribution in [0.1, 0.15) is 29.7 Å². The number of hydrogen-bond acceptors (Lipinski definition) is 2. The van der Waals surface area contributed by atoms with Gasteiger partial charge >= 0.3 is 0 Å². The Morgan fingerprint density at radius 3 is 2.39 bits per heavy atom. The second-order valence-electron chi connectivity index (χ2n) is 4.42. The molecule has 2 heteroatoms. The summed E-state index contributed by atoms with van der Waals surface area (Å²) in [5.74, 6) is 0.261. The Hall–Kier alpha value is -2.09. The lowest BCUT2D eigenvalue weighted by Gasteiger charge is -2.07. The lowest BCUT2D eigenvalue weighted by atomic mass is 10.1. The molecule has 1 atom stereocenters. The third-order valence-corrected chi connectivity index (χ3v) is 2.93.